The highest BCUT2D eigenvalue weighted by atomic mass is 15.3. The first-order valence-electron chi connectivity index (χ1n) is 4.33. The third-order valence-electron chi connectivity index (χ3n) is 1.90. The molecule has 14 heavy (non-hydrogen) atoms. The van der Waals surface area contributed by atoms with E-state index >= 15 is 0 Å². The first kappa shape index (κ1) is 10.1. The number of hydrogen-bond acceptors (Lipinski definition) is 3. The molecule has 0 radical (unpaired) electrons. The largest absolute Gasteiger partial charge is 0.383 e. The molecule has 0 fully saturated rings. The fourth-order valence-corrected chi connectivity index (χ4v) is 1.19. The van der Waals surface area contributed by atoms with Gasteiger partial charge in [0, 0.05) is 6.42 Å². The predicted octanol–water partition coefficient (Wildman–Crippen LogP) is 1.06. The van der Waals surface area contributed by atoms with Crippen LogP contribution in [0.3, 0.4) is 0 Å². The number of hydrogen-bond donors (Lipinski definition) is 1. The molecule has 0 spiro atoms. The van der Waals surface area contributed by atoms with Gasteiger partial charge >= 0.3 is 0 Å². The summed E-state index contributed by atoms with van der Waals surface area (Å²) in [4.78, 5) is 0. The Bertz CT molecular complexity index is 425. The van der Waals surface area contributed by atoms with Crippen molar-refractivity contribution in [3.05, 3.63) is 11.3 Å². The molecule has 0 bridgehead atoms. The van der Waals surface area contributed by atoms with E-state index in [1.54, 1.807) is 18.5 Å². The third kappa shape index (κ3) is 1.86. The lowest BCUT2D eigenvalue weighted by molar-refractivity contribution is 0.633. The van der Waals surface area contributed by atoms with E-state index in [-0.39, 0.29) is 0 Å². The van der Waals surface area contributed by atoms with Crippen LogP contribution in [0.15, 0.2) is 0 Å². The number of rotatable bonds is 2. The Morgan fingerprint density at radius 1 is 1.57 bits per heavy atom. The summed E-state index contributed by atoms with van der Waals surface area (Å²) >= 11 is 0. The van der Waals surface area contributed by atoms with E-state index < -0.39 is 0 Å². The normalized spacial score (nSPS) is 8.93. The molecule has 0 saturated carbocycles. The molecule has 0 amide bonds. The molecule has 1 rings (SSSR count). The van der Waals surface area contributed by atoms with E-state index in [4.69, 9.17) is 11.0 Å². The molecule has 1 aromatic heterocycles. The van der Waals surface area contributed by atoms with E-state index in [0.29, 0.717) is 30.0 Å². The maximum atomic E-state index is 8.77. The maximum Gasteiger partial charge on any atom is 0.140 e. The van der Waals surface area contributed by atoms with Crippen LogP contribution in [0.5, 0.6) is 0 Å². The van der Waals surface area contributed by atoms with Gasteiger partial charge in [0.15, 0.2) is 0 Å². The van der Waals surface area contributed by atoms with Crippen LogP contribution in [0.25, 0.3) is 0 Å². The number of nitrogens with zero attached hydrogens (tertiary/aromatic N) is 3. The first-order valence-corrected chi connectivity index (χ1v) is 4.33. The Kier molecular flexibility index (Phi) is 3.14. The summed E-state index contributed by atoms with van der Waals surface area (Å²) < 4.78 is 1.62. The smallest absolute Gasteiger partial charge is 0.140 e. The lowest BCUT2D eigenvalue weighted by Gasteiger charge is -1.99. The van der Waals surface area contributed by atoms with Crippen LogP contribution in [0.2, 0.25) is 0 Å². The number of aryl methyl sites for hydroxylation is 2. The van der Waals surface area contributed by atoms with Gasteiger partial charge in [-0.3, -0.25) is 0 Å². The number of nitrogens with two attached hydrogens (primary N) is 1. The first-order chi connectivity index (χ1) is 6.70. The van der Waals surface area contributed by atoms with Crippen molar-refractivity contribution < 1.29 is 0 Å². The van der Waals surface area contributed by atoms with Crippen molar-refractivity contribution in [3.63, 3.8) is 0 Å². The number of nitrogen functional groups attached to an aromatic ring is 1. The van der Waals surface area contributed by atoms with Crippen molar-refractivity contribution in [2.75, 3.05) is 5.73 Å². The van der Waals surface area contributed by atoms with E-state index in [9.17, 15) is 0 Å². The Hall–Kier alpha value is -1.94. The van der Waals surface area contributed by atoms with E-state index in [1.807, 2.05) is 6.07 Å². The van der Waals surface area contributed by atoms with Crippen molar-refractivity contribution in [2.24, 2.45) is 0 Å². The van der Waals surface area contributed by atoms with Crippen molar-refractivity contribution in [1.29, 1.82) is 5.26 Å². The summed E-state index contributed by atoms with van der Waals surface area (Å²) in [5.74, 6) is 6.15. The zero-order valence-corrected chi connectivity index (χ0v) is 8.33. The zero-order valence-electron chi connectivity index (χ0n) is 8.33. The van der Waals surface area contributed by atoms with Crippen molar-refractivity contribution >= 4 is 5.82 Å². The van der Waals surface area contributed by atoms with E-state index in [1.165, 1.54) is 0 Å². The van der Waals surface area contributed by atoms with Gasteiger partial charge in [0.05, 0.1) is 12.2 Å². The minimum atomic E-state index is 0.433. The molecular weight excluding hydrogens is 176 g/mol. The Labute approximate surface area is 83.3 Å². The van der Waals surface area contributed by atoms with Crippen molar-refractivity contribution in [1.82, 2.24) is 9.78 Å². The Morgan fingerprint density at radius 3 is 2.79 bits per heavy atom. The molecule has 4 heteroatoms. The second-order valence-electron chi connectivity index (χ2n) is 2.86. The highest BCUT2D eigenvalue weighted by Gasteiger charge is 2.10. The van der Waals surface area contributed by atoms with Gasteiger partial charge in [-0.25, -0.2) is 4.68 Å². The van der Waals surface area contributed by atoms with Crippen LogP contribution in [-0.4, -0.2) is 9.78 Å². The molecule has 4 nitrogen and oxygen atoms in total. The summed E-state index contributed by atoms with van der Waals surface area (Å²) in [6, 6.07) is 2.03. The number of anilines is 1. The molecular formula is C10H12N4. The van der Waals surface area contributed by atoms with E-state index in [0.717, 1.165) is 0 Å². The standard InChI is InChI=1S/C10H12N4/c1-3-4-5-6-14-10(12)9(7-11)8(2)13-14/h5-6,12H2,1-2H3. The van der Waals surface area contributed by atoms with Crippen molar-refractivity contribution in [3.8, 4) is 17.9 Å². The van der Waals surface area contributed by atoms with Crippen LogP contribution in [0.1, 0.15) is 24.6 Å². The highest BCUT2D eigenvalue weighted by Crippen LogP contribution is 2.14. The van der Waals surface area contributed by atoms with Crippen molar-refractivity contribution in [2.45, 2.75) is 26.8 Å². The summed E-state index contributed by atoms with van der Waals surface area (Å²) in [5.41, 5.74) is 6.87. The quantitative estimate of drug-likeness (QED) is 0.705. The predicted molar refractivity (Wildman–Crippen MR) is 54.2 cm³/mol. The molecule has 0 aliphatic carbocycles. The highest BCUT2D eigenvalue weighted by molar-refractivity contribution is 5.51. The minimum Gasteiger partial charge on any atom is -0.383 e. The molecule has 1 aromatic rings. The topological polar surface area (TPSA) is 67.6 Å². The molecule has 0 aromatic carbocycles. The van der Waals surface area contributed by atoms with Crippen LogP contribution >= 0.6 is 0 Å². The Morgan fingerprint density at radius 2 is 2.29 bits per heavy atom. The lowest BCUT2D eigenvalue weighted by Crippen LogP contribution is -2.04. The van der Waals surface area contributed by atoms with Gasteiger partial charge in [0.1, 0.15) is 17.5 Å². The fraction of sp³-hybridized carbons (Fsp3) is 0.400. The van der Waals surface area contributed by atoms with Gasteiger partial charge in [-0.05, 0) is 13.8 Å². The summed E-state index contributed by atoms with van der Waals surface area (Å²) in [6.07, 6.45) is 0.701. The third-order valence-corrected chi connectivity index (χ3v) is 1.90. The monoisotopic (exact) mass is 188 g/mol. The molecule has 0 unspecified atom stereocenters. The fourth-order valence-electron chi connectivity index (χ4n) is 1.19. The van der Waals surface area contributed by atoms with Crippen LogP contribution in [0, 0.1) is 30.1 Å². The van der Waals surface area contributed by atoms with Crippen LogP contribution < -0.4 is 5.73 Å². The number of aromatic nitrogens is 2. The van der Waals surface area contributed by atoms with Crippen LogP contribution in [0.4, 0.5) is 5.82 Å². The van der Waals surface area contributed by atoms with Gasteiger partial charge in [0.2, 0.25) is 0 Å². The molecule has 0 aliphatic rings. The van der Waals surface area contributed by atoms with Gasteiger partial charge in [-0.1, -0.05) is 0 Å². The summed E-state index contributed by atoms with van der Waals surface area (Å²) in [6.45, 7) is 4.20. The van der Waals surface area contributed by atoms with Gasteiger partial charge in [-0.15, -0.1) is 11.8 Å². The molecule has 2 N–H and O–H groups in total. The zero-order chi connectivity index (χ0) is 10.6. The molecule has 0 aliphatic heterocycles. The maximum absolute atomic E-state index is 8.77. The van der Waals surface area contributed by atoms with E-state index in [2.05, 4.69) is 16.9 Å². The SMILES string of the molecule is CC#CCCn1nc(C)c(C#N)c1N. The Balaban J connectivity index is 2.88. The molecule has 1 heterocycles. The summed E-state index contributed by atoms with van der Waals surface area (Å²) in [7, 11) is 0. The van der Waals surface area contributed by atoms with Gasteiger partial charge in [0.25, 0.3) is 0 Å². The second kappa shape index (κ2) is 4.34. The second-order valence-corrected chi connectivity index (χ2v) is 2.86. The average Bonchev–Trinajstić information content (AvgIpc) is 2.42. The molecule has 72 valence electrons. The average molecular weight is 188 g/mol. The number of nitriles is 1. The lowest BCUT2D eigenvalue weighted by atomic mass is 10.3. The van der Waals surface area contributed by atoms with Gasteiger partial charge < -0.3 is 5.73 Å². The summed E-state index contributed by atoms with van der Waals surface area (Å²) in [5, 5.41) is 12.9. The minimum absolute atomic E-state index is 0.433. The van der Waals surface area contributed by atoms with Gasteiger partial charge in [-0.2, -0.15) is 10.4 Å². The molecule has 0 saturated heterocycles. The molecule has 0 atom stereocenters. The van der Waals surface area contributed by atoms with Crippen LogP contribution in [-0.2, 0) is 6.54 Å².